The molecular formula is C44H38F2N4O4. The molecule has 4 aromatic carbocycles. The standard InChI is InChI=1S/2C22H19FN2O2/c2*23-19-6-3-5-16(11-19)20-9-8-18(13-24-20)22(26)25-12-15-10-17-4-1-2-7-21(17)27-14-15/h2*1-9,11,13,15H,10,12,14H2,(H,25,26)/t2*15-/m10/s1. The topological polar surface area (TPSA) is 102 Å². The Bertz CT molecular complexity index is 2070. The van der Waals surface area contributed by atoms with Crippen LogP contribution < -0.4 is 20.1 Å². The van der Waals surface area contributed by atoms with Gasteiger partial charge in [-0.25, -0.2) is 8.78 Å². The summed E-state index contributed by atoms with van der Waals surface area (Å²) in [6.45, 7) is 2.26. The Morgan fingerprint density at radius 1 is 0.574 bits per heavy atom. The second-order valence-corrected chi connectivity index (χ2v) is 13.3. The Kier molecular flexibility index (Phi) is 11.3. The van der Waals surface area contributed by atoms with Crippen molar-refractivity contribution in [2.24, 2.45) is 11.8 Å². The molecule has 272 valence electrons. The van der Waals surface area contributed by atoms with Crippen molar-refractivity contribution >= 4 is 11.8 Å². The van der Waals surface area contributed by atoms with Crippen LogP contribution in [0.15, 0.2) is 134 Å². The zero-order chi connectivity index (χ0) is 37.3. The van der Waals surface area contributed by atoms with Gasteiger partial charge in [-0.1, -0.05) is 60.7 Å². The number of carbonyl (C=O) groups excluding carboxylic acids is 2. The molecule has 8 rings (SSSR count). The molecule has 8 nitrogen and oxygen atoms in total. The first-order valence-electron chi connectivity index (χ1n) is 17.8. The number of amides is 2. The fraction of sp³-hybridized carbons (Fsp3) is 0.182. The van der Waals surface area contributed by atoms with E-state index in [0.29, 0.717) is 59.9 Å². The Morgan fingerprint density at radius 2 is 1.02 bits per heavy atom. The molecule has 0 saturated heterocycles. The number of nitrogens with one attached hydrogen (secondary N) is 2. The van der Waals surface area contributed by atoms with E-state index in [9.17, 15) is 18.4 Å². The minimum absolute atomic E-state index is 0.174. The Morgan fingerprint density at radius 3 is 1.43 bits per heavy atom. The van der Waals surface area contributed by atoms with Gasteiger partial charge in [-0.2, -0.15) is 0 Å². The van der Waals surface area contributed by atoms with Gasteiger partial charge in [0, 0.05) is 48.4 Å². The highest BCUT2D eigenvalue weighted by Crippen LogP contribution is 2.28. The summed E-state index contributed by atoms with van der Waals surface area (Å²) in [6.07, 6.45) is 4.80. The monoisotopic (exact) mass is 724 g/mol. The van der Waals surface area contributed by atoms with Gasteiger partial charge in [0.05, 0.1) is 35.7 Å². The summed E-state index contributed by atoms with van der Waals surface area (Å²) in [5, 5.41) is 5.90. The van der Waals surface area contributed by atoms with E-state index in [1.54, 1.807) is 48.5 Å². The van der Waals surface area contributed by atoms with Gasteiger partial charge in [0.15, 0.2) is 0 Å². The lowest BCUT2D eigenvalue weighted by atomic mass is 9.96. The first kappa shape index (κ1) is 36.0. The normalized spacial score (nSPS) is 15.5. The van der Waals surface area contributed by atoms with Crippen LogP contribution in [0.5, 0.6) is 11.5 Å². The van der Waals surface area contributed by atoms with Crippen LogP contribution in [0, 0.1) is 23.5 Å². The van der Waals surface area contributed by atoms with Crippen molar-refractivity contribution in [2.45, 2.75) is 12.8 Å². The highest BCUT2D eigenvalue weighted by Gasteiger charge is 2.22. The highest BCUT2D eigenvalue weighted by molar-refractivity contribution is 5.94. The number of fused-ring (bicyclic) bond motifs is 2. The molecule has 0 saturated carbocycles. The molecule has 0 fully saturated rings. The summed E-state index contributed by atoms with van der Waals surface area (Å²) < 4.78 is 38.2. The van der Waals surface area contributed by atoms with Gasteiger partial charge in [0.2, 0.25) is 0 Å². The average Bonchev–Trinajstić information content (AvgIpc) is 3.22. The molecule has 2 amide bonds. The van der Waals surface area contributed by atoms with Gasteiger partial charge in [-0.15, -0.1) is 0 Å². The van der Waals surface area contributed by atoms with E-state index in [0.717, 1.165) is 24.3 Å². The number of ether oxygens (including phenoxy) is 2. The second kappa shape index (κ2) is 16.9. The van der Waals surface area contributed by atoms with E-state index in [1.165, 1.54) is 47.8 Å². The SMILES string of the molecule is O=C(NC[C@@H]1COc2ccccc2C1)c1ccc(-c2cccc(F)c2)nc1.O=C(NC[C@H]1COc2ccccc2C1)c1ccc(-c2cccc(F)c2)nc1. The molecule has 0 bridgehead atoms. The van der Waals surface area contributed by atoms with Crippen LogP contribution in [0.2, 0.25) is 0 Å². The molecule has 10 heteroatoms. The van der Waals surface area contributed by atoms with Crippen LogP contribution in [0.25, 0.3) is 22.5 Å². The van der Waals surface area contributed by atoms with Crippen LogP contribution >= 0.6 is 0 Å². The number of rotatable bonds is 8. The zero-order valence-corrected chi connectivity index (χ0v) is 29.4. The number of pyridine rings is 2. The first-order chi connectivity index (χ1) is 26.4. The number of aromatic nitrogens is 2. The highest BCUT2D eigenvalue weighted by atomic mass is 19.1. The first-order valence-corrected chi connectivity index (χ1v) is 17.8. The fourth-order valence-corrected chi connectivity index (χ4v) is 6.42. The second-order valence-electron chi connectivity index (χ2n) is 13.3. The lowest BCUT2D eigenvalue weighted by Crippen LogP contribution is -2.34. The number of carbonyl (C=O) groups is 2. The maximum atomic E-state index is 13.3. The van der Waals surface area contributed by atoms with E-state index in [2.05, 4.69) is 32.7 Å². The molecule has 54 heavy (non-hydrogen) atoms. The average molecular weight is 725 g/mol. The van der Waals surface area contributed by atoms with Crippen LogP contribution in [0.4, 0.5) is 8.78 Å². The van der Waals surface area contributed by atoms with Crippen LogP contribution in [-0.2, 0) is 12.8 Å². The van der Waals surface area contributed by atoms with Gasteiger partial charge in [-0.3, -0.25) is 19.6 Å². The van der Waals surface area contributed by atoms with Gasteiger partial charge in [-0.05, 0) is 84.6 Å². The number of halogens is 2. The molecule has 0 aliphatic carbocycles. The number of hydrogen-bond donors (Lipinski definition) is 2. The minimum Gasteiger partial charge on any atom is -0.493 e. The van der Waals surface area contributed by atoms with Gasteiger partial charge in [0.1, 0.15) is 23.1 Å². The summed E-state index contributed by atoms with van der Waals surface area (Å²) in [7, 11) is 0. The summed E-state index contributed by atoms with van der Waals surface area (Å²) in [5.41, 5.74) is 5.92. The summed E-state index contributed by atoms with van der Waals surface area (Å²) >= 11 is 0. The summed E-state index contributed by atoms with van der Waals surface area (Å²) in [5.74, 6) is 1.36. The molecule has 0 unspecified atom stereocenters. The van der Waals surface area contributed by atoms with Crippen molar-refractivity contribution < 1.29 is 27.8 Å². The maximum absolute atomic E-state index is 13.3. The van der Waals surface area contributed by atoms with E-state index in [-0.39, 0.29) is 35.3 Å². The lowest BCUT2D eigenvalue weighted by Gasteiger charge is -2.25. The molecule has 2 aromatic heterocycles. The third kappa shape index (κ3) is 9.14. The van der Waals surface area contributed by atoms with Crippen molar-refractivity contribution in [1.82, 2.24) is 20.6 Å². The number of benzene rings is 4. The van der Waals surface area contributed by atoms with Crippen LogP contribution in [-0.4, -0.2) is 48.1 Å². The number of para-hydroxylation sites is 2. The summed E-state index contributed by atoms with van der Waals surface area (Å²) in [4.78, 5) is 33.3. The van der Waals surface area contributed by atoms with Gasteiger partial charge in [0.25, 0.3) is 11.8 Å². The van der Waals surface area contributed by atoms with Gasteiger partial charge < -0.3 is 20.1 Å². The van der Waals surface area contributed by atoms with E-state index < -0.39 is 0 Å². The van der Waals surface area contributed by atoms with E-state index >= 15 is 0 Å². The number of hydrogen-bond acceptors (Lipinski definition) is 6. The molecule has 4 heterocycles. The third-order valence-electron chi connectivity index (χ3n) is 9.31. The predicted octanol–water partition coefficient (Wildman–Crippen LogP) is 7.74. The quantitative estimate of drug-likeness (QED) is 0.167. The lowest BCUT2D eigenvalue weighted by molar-refractivity contribution is 0.0930. The fourth-order valence-electron chi connectivity index (χ4n) is 6.42. The zero-order valence-electron chi connectivity index (χ0n) is 29.4. The predicted molar refractivity (Wildman–Crippen MR) is 202 cm³/mol. The Hall–Kier alpha value is -6.42. The van der Waals surface area contributed by atoms with Crippen LogP contribution in [0.3, 0.4) is 0 Å². The maximum Gasteiger partial charge on any atom is 0.252 e. The molecule has 2 atom stereocenters. The smallest absolute Gasteiger partial charge is 0.252 e. The molecule has 0 radical (unpaired) electrons. The largest absolute Gasteiger partial charge is 0.493 e. The summed E-state index contributed by atoms with van der Waals surface area (Å²) in [6, 6.07) is 35.3. The van der Waals surface area contributed by atoms with E-state index in [1.807, 2.05) is 36.4 Å². The Balaban J connectivity index is 0.000000167. The molecule has 0 spiro atoms. The van der Waals surface area contributed by atoms with E-state index in [4.69, 9.17) is 9.47 Å². The number of nitrogens with zero attached hydrogens (tertiary/aromatic N) is 2. The van der Waals surface area contributed by atoms with Crippen molar-refractivity contribution in [3.8, 4) is 34.0 Å². The van der Waals surface area contributed by atoms with Crippen molar-refractivity contribution in [3.05, 3.63) is 168 Å². The molecular weight excluding hydrogens is 687 g/mol. The van der Waals surface area contributed by atoms with Gasteiger partial charge >= 0.3 is 0 Å². The molecule has 2 aliphatic heterocycles. The van der Waals surface area contributed by atoms with Crippen molar-refractivity contribution in [2.75, 3.05) is 26.3 Å². The molecule has 6 aromatic rings. The molecule has 2 N–H and O–H groups in total. The van der Waals surface area contributed by atoms with Crippen molar-refractivity contribution in [3.63, 3.8) is 0 Å². The van der Waals surface area contributed by atoms with Crippen molar-refractivity contribution in [1.29, 1.82) is 0 Å². The Labute approximate surface area is 312 Å². The molecule has 2 aliphatic rings. The van der Waals surface area contributed by atoms with Crippen LogP contribution in [0.1, 0.15) is 31.8 Å². The third-order valence-corrected chi connectivity index (χ3v) is 9.31. The minimum atomic E-state index is -0.313.